The molecule has 1 aromatic heterocycles. The summed E-state index contributed by atoms with van der Waals surface area (Å²) in [6.45, 7) is 6.13. The maximum Gasteiger partial charge on any atom is 0.228 e. The predicted molar refractivity (Wildman–Crippen MR) is 77.3 cm³/mol. The number of aryl methyl sites for hydroxylation is 3. The fourth-order valence-corrected chi connectivity index (χ4v) is 2.89. The molecule has 0 saturated carbocycles. The number of hydrogen-bond acceptors (Lipinski definition) is 2. The third-order valence-corrected chi connectivity index (χ3v) is 3.92. The molecule has 1 aromatic carbocycles. The van der Waals surface area contributed by atoms with Gasteiger partial charge < -0.3 is 5.32 Å². The van der Waals surface area contributed by atoms with Gasteiger partial charge in [0, 0.05) is 15.4 Å². The molecule has 0 spiro atoms. The number of rotatable bonds is 3. The van der Waals surface area contributed by atoms with Crippen molar-refractivity contribution in [1.29, 1.82) is 0 Å². The molecule has 0 aliphatic rings. The monoisotopic (exact) mass is 259 g/mol. The highest BCUT2D eigenvalue weighted by atomic mass is 32.1. The largest absolute Gasteiger partial charge is 0.326 e. The van der Waals surface area contributed by atoms with Crippen molar-refractivity contribution in [3.05, 3.63) is 51.2 Å². The summed E-state index contributed by atoms with van der Waals surface area (Å²) in [5.74, 6) is 0.0465. The number of carbonyl (C=O) groups excluding carboxylic acids is 1. The Bertz CT molecular complexity index is 572. The van der Waals surface area contributed by atoms with Crippen LogP contribution < -0.4 is 5.32 Å². The van der Waals surface area contributed by atoms with Gasteiger partial charge in [-0.05, 0) is 44.0 Å². The lowest BCUT2D eigenvalue weighted by Crippen LogP contribution is -2.15. The Morgan fingerprint density at radius 1 is 1.22 bits per heavy atom. The van der Waals surface area contributed by atoms with Crippen molar-refractivity contribution in [2.45, 2.75) is 27.2 Å². The Morgan fingerprint density at radius 2 is 1.94 bits per heavy atom. The van der Waals surface area contributed by atoms with Crippen LogP contribution in [0.5, 0.6) is 0 Å². The van der Waals surface area contributed by atoms with Crippen LogP contribution in [0.4, 0.5) is 5.69 Å². The van der Waals surface area contributed by atoms with E-state index >= 15 is 0 Å². The van der Waals surface area contributed by atoms with E-state index in [9.17, 15) is 4.79 Å². The molecule has 2 rings (SSSR count). The van der Waals surface area contributed by atoms with Gasteiger partial charge in [0.05, 0.1) is 6.42 Å². The molecule has 0 saturated heterocycles. The fourth-order valence-electron chi connectivity index (χ4n) is 1.94. The van der Waals surface area contributed by atoms with Crippen LogP contribution in [0.15, 0.2) is 30.3 Å². The Hall–Kier alpha value is -1.61. The lowest BCUT2D eigenvalue weighted by Gasteiger charge is -2.07. The molecule has 0 aliphatic carbocycles. The van der Waals surface area contributed by atoms with Crippen LogP contribution in [0, 0.1) is 20.8 Å². The fraction of sp³-hybridized carbons (Fsp3) is 0.267. The molecule has 1 amide bonds. The second-order valence-electron chi connectivity index (χ2n) is 4.48. The van der Waals surface area contributed by atoms with Crippen LogP contribution in [0.1, 0.15) is 20.9 Å². The molecular weight excluding hydrogens is 242 g/mol. The number of amides is 1. The van der Waals surface area contributed by atoms with E-state index < -0.39 is 0 Å². The summed E-state index contributed by atoms with van der Waals surface area (Å²) in [4.78, 5) is 14.5. The molecule has 1 heterocycles. The Morgan fingerprint density at radius 3 is 2.56 bits per heavy atom. The van der Waals surface area contributed by atoms with E-state index in [0.29, 0.717) is 6.42 Å². The number of para-hydroxylation sites is 1. The first kappa shape index (κ1) is 12.8. The van der Waals surface area contributed by atoms with Gasteiger partial charge in [-0.15, -0.1) is 11.3 Å². The van der Waals surface area contributed by atoms with E-state index in [4.69, 9.17) is 0 Å². The van der Waals surface area contributed by atoms with Crippen LogP contribution in [0.2, 0.25) is 0 Å². The summed E-state index contributed by atoms with van der Waals surface area (Å²) >= 11 is 1.74. The van der Waals surface area contributed by atoms with Gasteiger partial charge in [0.2, 0.25) is 5.91 Å². The number of thiophene rings is 1. The summed E-state index contributed by atoms with van der Waals surface area (Å²) in [6.07, 6.45) is 0.449. The molecule has 0 atom stereocenters. The zero-order chi connectivity index (χ0) is 13.1. The van der Waals surface area contributed by atoms with Crippen molar-refractivity contribution >= 4 is 22.9 Å². The lowest BCUT2D eigenvalue weighted by atomic mass is 10.1. The minimum atomic E-state index is 0.0465. The highest BCUT2D eigenvalue weighted by molar-refractivity contribution is 7.12. The van der Waals surface area contributed by atoms with Crippen molar-refractivity contribution in [1.82, 2.24) is 0 Å². The van der Waals surface area contributed by atoms with E-state index in [0.717, 1.165) is 16.8 Å². The summed E-state index contributed by atoms with van der Waals surface area (Å²) in [5, 5.41) is 2.96. The molecule has 0 fully saturated rings. The summed E-state index contributed by atoms with van der Waals surface area (Å²) in [7, 11) is 0. The first-order valence-electron chi connectivity index (χ1n) is 5.97. The van der Waals surface area contributed by atoms with Crippen LogP contribution in [-0.4, -0.2) is 5.91 Å². The van der Waals surface area contributed by atoms with E-state index in [2.05, 4.69) is 25.2 Å². The summed E-state index contributed by atoms with van der Waals surface area (Å²) < 4.78 is 0. The van der Waals surface area contributed by atoms with Gasteiger partial charge in [0.15, 0.2) is 0 Å². The molecule has 0 unspecified atom stereocenters. The summed E-state index contributed by atoms with van der Waals surface area (Å²) in [6, 6.07) is 9.92. The Labute approximate surface area is 112 Å². The number of benzene rings is 1. The average molecular weight is 259 g/mol. The van der Waals surface area contributed by atoms with Crippen molar-refractivity contribution in [2.75, 3.05) is 5.32 Å². The van der Waals surface area contributed by atoms with Crippen LogP contribution in [-0.2, 0) is 11.2 Å². The SMILES string of the molecule is Cc1cc(CC(=O)Nc2ccccc2C)c(C)s1. The number of nitrogens with one attached hydrogen (secondary N) is 1. The molecule has 3 heteroatoms. The highest BCUT2D eigenvalue weighted by Gasteiger charge is 2.09. The van der Waals surface area contributed by atoms with Crippen LogP contribution in [0.3, 0.4) is 0 Å². The van der Waals surface area contributed by atoms with Gasteiger partial charge in [-0.2, -0.15) is 0 Å². The van der Waals surface area contributed by atoms with Crippen LogP contribution >= 0.6 is 11.3 Å². The quantitative estimate of drug-likeness (QED) is 0.891. The second kappa shape index (κ2) is 5.36. The van der Waals surface area contributed by atoms with Crippen molar-refractivity contribution in [3.8, 4) is 0 Å². The average Bonchev–Trinajstić information content (AvgIpc) is 2.61. The first-order chi connectivity index (χ1) is 8.56. The molecule has 94 valence electrons. The normalized spacial score (nSPS) is 10.4. The van der Waals surface area contributed by atoms with Crippen molar-refractivity contribution in [3.63, 3.8) is 0 Å². The lowest BCUT2D eigenvalue weighted by molar-refractivity contribution is -0.115. The van der Waals surface area contributed by atoms with Crippen molar-refractivity contribution in [2.24, 2.45) is 0 Å². The molecule has 0 radical (unpaired) electrons. The molecule has 2 aromatic rings. The van der Waals surface area contributed by atoms with Crippen molar-refractivity contribution < 1.29 is 4.79 Å². The highest BCUT2D eigenvalue weighted by Crippen LogP contribution is 2.21. The van der Waals surface area contributed by atoms with Crippen LogP contribution in [0.25, 0.3) is 0 Å². The molecule has 2 nitrogen and oxygen atoms in total. The van der Waals surface area contributed by atoms with Gasteiger partial charge >= 0.3 is 0 Å². The third kappa shape index (κ3) is 2.99. The maximum absolute atomic E-state index is 12.0. The topological polar surface area (TPSA) is 29.1 Å². The van der Waals surface area contributed by atoms with Gasteiger partial charge in [-0.3, -0.25) is 4.79 Å². The first-order valence-corrected chi connectivity index (χ1v) is 6.79. The molecule has 1 N–H and O–H groups in total. The number of carbonyl (C=O) groups is 1. The zero-order valence-electron chi connectivity index (χ0n) is 10.9. The van der Waals surface area contributed by atoms with E-state index in [1.807, 2.05) is 31.2 Å². The summed E-state index contributed by atoms with van der Waals surface area (Å²) in [5.41, 5.74) is 3.11. The van der Waals surface area contributed by atoms with E-state index in [-0.39, 0.29) is 5.91 Å². The maximum atomic E-state index is 12.0. The Balaban J connectivity index is 2.06. The zero-order valence-corrected chi connectivity index (χ0v) is 11.7. The predicted octanol–water partition coefficient (Wildman–Crippen LogP) is 3.85. The van der Waals surface area contributed by atoms with E-state index in [1.54, 1.807) is 11.3 Å². The minimum absolute atomic E-state index is 0.0465. The molecule has 0 aliphatic heterocycles. The molecule has 0 bridgehead atoms. The standard InChI is InChI=1S/C15H17NOS/c1-10-6-4-5-7-14(10)16-15(17)9-13-8-11(2)18-12(13)3/h4-8H,9H2,1-3H3,(H,16,17). The van der Waals surface area contributed by atoms with Gasteiger partial charge in [-0.1, -0.05) is 18.2 Å². The third-order valence-electron chi connectivity index (χ3n) is 2.91. The van der Waals surface area contributed by atoms with Gasteiger partial charge in [0.25, 0.3) is 0 Å². The van der Waals surface area contributed by atoms with Gasteiger partial charge in [-0.25, -0.2) is 0 Å². The molecular formula is C15H17NOS. The number of hydrogen-bond donors (Lipinski definition) is 1. The Kier molecular flexibility index (Phi) is 3.82. The van der Waals surface area contributed by atoms with E-state index in [1.165, 1.54) is 9.75 Å². The minimum Gasteiger partial charge on any atom is -0.326 e. The smallest absolute Gasteiger partial charge is 0.228 e. The van der Waals surface area contributed by atoms with Gasteiger partial charge in [0.1, 0.15) is 0 Å². The second-order valence-corrected chi connectivity index (χ2v) is 5.94. The number of anilines is 1. The molecule has 18 heavy (non-hydrogen) atoms.